The Balaban J connectivity index is 2.87. The molecule has 0 saturated carbocycles. The van der Waals surface area contributed by atoms with Gasteiger partial charge in [-0.25, -0.2) is 0 Å². The molecule has 0 aliphatic heterocycles. The van der Waals surface area contributed by atoms with Gasteiger partial charge >= 0.3 is 0 Å². The van der Waals surface area contributed by atoms with Crippen LogP contribution in [0.3, 0.4) is 0 Å². The van der Waals surface area contributed by atoms with Gasteiger partial charge in [0.1, 0.15) is 11.9 Å². The molecule has 1 rings (SSSR count). The zero-order valence-corrected chi connectivity index (χ0v) is 10.0. The summed E-state index contributed by atoms with van der Waals surface area (Å²) in [4.78, 5) is 11.5. The van der Waals surface area contributed by atoms with Crippen LogP contribution in [0.1, 0.15) is 31.9 Å². The molecule has 0 saturated heterocycles. The van der Waals surface area contributed by atoms with Crippen LogP contribution in [0.5, 0.6) is 5.75 Å². The van der Waals surface area contributed by atoms with Gasteiger partial charge in [-0.2, -0.15) is 0 Å². The normalized spacial score (nSPS) is 12.2. The fraction of sp³-hybridized carbons (Fsp3) is 0.462. The highest BCUT2D eigenvalue weighted by molar-refractivity contribution is 5.82. The minimum absolute atomic E-state index is 0.0155. The second kappa shape index (κ2) is 6.28. The van der Waals surface area contributed by atoms with Crippen LogP contribution in [-0.2, 0) is 9.53 Å². The van der Waals surface area contributed by atoms with E-state index in [0.29, 0.717) is 6.61 Å². The van der Waals surface area contributed by atoms with Gasteiger partial charge in [-0.15, -0.1) is 0 Å². The molecule has 0 aliphatic rings. The number of hydrogen-bond acceptors (Lipinski definition) is 3. The Hall–Kier alpha value is -1.35. The maximum atomic E-state index is 11.5. The maximum absolute atomic E-state index is 11.5. The first-order valence-electron chi connectivity index (χ1n) is 5.45. The number of ether oxygens (including phenoxy) is 2. The van der Waals surface area contributed by atoms with Gasteiger partial charge in [0.05, 0.1) is 7.11 Å². The van der Waals surface area contributed by atoms with Gasteiger partial charge in [0.15, 0.2) is 5.78 Å². The number of carbonyl (C=O) groups excluding carboxylic acids is 1. The van der Waals surface area contributed by atoms with Crippen molar-refractivity contribution in [2.24, 2.45) is 0 Å². The Morgan fingerprint density at radius 3 is 2.75 bits per heavy atom. The topological polar surface area (TPSA) is 35.5 Å². The maximum Gasteiger partial charge on any atom is 0.163 e. The predicted molar refractivity (Wildman–Crippen MR) is 62.7 cm³/mol. The van der Waals surface area contributed by atoms with Gasteiger partial charge in [0, 0.05) is 6.61 Å². The largest absolute Gasteiger partial charge is 0.497 e. The molecular formula is C13H18O3. The van der Waals surface area contributed by atoms with Gasteiger partial charge in [0.25, 0.3) is 0 Å². The van der Waals surface area contributed by atoms with Crippen molar-refractivity contribution in [1.82, 2.24) is 0 Å². The van der Waals surface area contributed by atoms with Crippen molar-refractivity contribution in [3.05, 3.63) is 29.8 Å². The summed E-state index contributed by atoms with van der Waals surface area (Å²) in [5, 5.41) is 0. The molecule has 0 spiro atoms. The van der Waals surface area contributed by atoms with E-state index in [1.807, 2.05) is 31.2 Å². The molecule has 3 nitrogen and oxygen atoms in total. The van der Waals surface area contributed by atoms with Gasteiger partial charge in [0.2, 0.25) is 0 Å². The van der Waals surface area contributed by atoms with Crippen molar-refractivity contribution in [2.75, 3.05) is 13.7 Å². The number of carbonyl (C=O) groups is 1. The van der Waals surface area contributed by atoms with E-state index in [-0.39, 0.29) is 5.78 Å². The van der Waals surface area contributed by atoms with Crippen molar-refractivity contribution in [1.29, 1.82) is 0 Å². The van der Waals surface area contributed by atoms with Crippen LogP contribution < -0.4 is 4.74 Å². The second-order valence-corrected chi connectivity index (χ2v) is 3.64. The van der Waals surface area contributed by atoms with Crippen LogP contribution in [0.2, 0.25) is 0 Å². The molecule has 0 bridgehead atoms. The minimum Gasteiger partial charge on any atom is -0.497 e. The summed E-state index contributed by atoms with van der Waals surface area (Å²) in [5.74, 6) is 0.755. The van der Waals surface area contributed by atoms with Crippen molar-refractivity contribution >= 4 is 5.78 Å². The summed E-state index contributed by atoms with van der Waals surface area (Å²) >= 11 is 0. The molecular weight excluding hydrogens is 204 g/mol. The van der Waals surface area contributed by atoms with E-state index in [4.69, 9.17) is 9.47 Å². The molecule has 0 amide bonds. The number of benzene rings is 1. The first-order chi connectivity index (χ1) is 7.69. The number of Topliss-reactive ketones (excluding diaryl/α,β-unsaturated/α-hetero) is 1. The Kier molecular flexibility index (Phi) is 4.99. The fourth-order valence-electron chi connectivity index (χ4n) is 1.49. The van der Waals surface area contributed by atoms with E-state index in [9.17, 15) is 4.79 Å². The Morgan fingerprint density at radius 1 is 1.44 bits per heavy atom. The highest BCUT2D eigenvalue weighted by Gasteiger charge is 2.17. The lowest BCUT2D eigenvalue weighted by molar-refractivity contribution is -0.128. The summed E-state index contributed by atoms with van der Waals surface area (Å²) in [7, 11) is 1.61. The van der Waals surface area contributed by atoms with E-state index >= 15 is 0 Å². The molecule has 0 heterocycles. The van der Waals surface area contributed by atoms with Crippen LogP contribution in [-0.4, -0.2) is 19.5 Å². The average molecular weight is 222 g/mol. The zero-order valence-electron chi connectivity index (χ0n) is 10.0. The van der Waals surface area contributed by atoms with Crippen LogP contribution >= 0.6 is 0 Å². The van der Waals surface area contributed by atoms with Gasteiger partial charge in [-0.1, -0.05) is 19.1 Å². The number of hydrogen-bond donors (Lipinski definition) is 0. The molecule has 1 aromatic rings. The number of ketones is 1. The third kappa shape index (κ3) is 3.35. The molecule has 0 radical (unpaired) electrons. The summed E-state index contributed by atoms with van der Waals surface area (Å²) in [5.41, 5.74) is 0.848. The SMILES string of the molecule is CCCOC(C(C)=O)c1cccc(OC)c1. The van der Waals surface area contributed by atoms with Gasteiger partial charge in [-0.3, -0.25) is 4.79 Å². The first-order valence-corrected chi connectivity index (χ1v) is 5.45. The molecule has 1 unspecified atom stereocenters. The molecule has 1 aromatic carbocycles. The van der Waals surface area contributed by atoms with E-state index in [1.165, 1.54) is 0 Å². The van der Waals surface area contributed by atoms with Crippen LogP contribution in [0.15, 0.2) is 24.3 Å². The quantitative estimate of drug-likeness (QED) is 0.742. The lowest BCUT2D eigenvalue weighted by Gasteiger charge is -2.15. The Morgan fingerprint density at radius 2 is 2.19 bits per heavy atom. The fourth-order valence-corrected chi connectivity index (χ4v) is 1.49. The third-order valence-corrected chi connectivity index (χ3v) is 2.25. The van der Waals surface area contributed by atoms with Crippen molar-refractivity contribution in [2.45, 2.75) is 26.4 Å². The predicted octanol–water partition coefficient (Wildman–Crippen LogP) is 2.75. The van der Waals surface area contributed by atoms with Crippen molar-refractivity contribution in [3.8, 4) is 5.75 Å². The van der Waals surface area contributed by atoms with E-state index in [1.54, 1.807) is 14.0 Å². The standard InChI is InChI=1S/C13H18O3/c1-4-8-16-13(10(2)14)11-6-5-7-12(9-11)15-3/h5-7,9,13H,4,8H2,1-3H3. The van der Waals surface area contributed by atoms with Crippen LogP contribution in [0.25, 0.3) is 0 Å². The smallest absolute Gasteiger partial charge is 0.163 e. The second-order valence-electron chi connectivity index (χ2n) is 3.64. The summed E-state index contributed by atoms with van der Waals surface area (Å²) in [6.07, 6.45) is 0.420. The average Bonchev–Trinajstić information content (AvgIpc) is 2.29. The van der Waals surface area contributed by atoms with Gasteiger partial charge in [-0.05, 0) is 31.0 Å². The monoisotopic (exact) mass is 222 g/mol. The van der Waals surface area contributed by atoms with E-state index in [2.05, 4.69) is 0 Å². The molecule has 16 heavy (non-hydrogen) atoms. The first kappa shape index (κ1) is 12.7. The van der Waals surface area contributed by atoms with E-state index in [0.717, 1.165) is 17.7 Å². The summed E-state index contributed by atoms with van der Waals surface area (Å²) in [6, 6.07) is 7.42. The summed E-state index contributed by atoms with van der Waals surface area (Å²) < 4.78 is 10.7. The molecule has 0 aromatic heterocycles. The molecule has 1 atom stereocenters. The van der Waals surface area contributed by atoms with Gasteiger partial charge < -0.3 is 9.47 Å². The third-order valence-electron chi connectivity index (χ3n) is 2.25. The number of rotatable bonds is 6. The highest BCUT2D eigenvalue weighted by Crippen LogP contribution is 2.22. The lowest BCUT2D eigenvalue weighted by atomic mass is 10.1. The zero-order chi connectivity index (χ0) is 12.0. The Bertz CT molecular complexity index is 347. The Labute approximate surface area is 96.4 Å². The molecule has 0 fully saturated rings. The molecule has 3 heteroatoms. The molecule has 0 N–H and O–H groups in total. The summed E-state index contributed by atoms with van der Waals surface area (Å²) in [6.45, 7) is 4.14. The van der Waals surface area contributed by atoms with E-state index < -0.39 is 6.10 Å². The lowest BCUT2D eigenvalue weighted by Crippen LogP contribution is -2.13. The van der Waals surface area contributed by atoms with Crippen molar-refractivity contribution in [3.63, 3.8) is 0 Å². The van der Waals surface area contributed by atoms with Crippen LogP contribution in [0.4, 0.5) is 0 Å². The molecule has 88 valence electrons. The van der Waals surface area contributed by atoms with Crippen LogP contribution in [0, 0.1) is 0 Å². The minimum atomic E-state index is -0.477. The highest BCUT2D eigenvalue weighted by atomic mass is 16.5. The van der Waals surface area contributed by atoms with Crippen molar-refractivity contribution < 1.29 is 14.3 Å². The number of methoxy groups -OCH3 is 1. The molecule has 0 aliphatic carbocycles.